The smallest absolute Gasteiger partial charge is 0.0915 e. The van der Waals surface area contributed by atoms with E-state index in [1.807, 2.05) is 0 Å². The van der Waals surface area contributed by atoms with Crippen molar-refractivity contribution in [3.05, 3.63) is 11.8 Å². The Morgan fingerprint density at radius 2 is 2.44 bits per heavy atom. The van der Waals surface area contributed by atoms with Crippen molar-refractivity contribution in [2.45, 2.75) is 26.2 Å². The topological polar surface area (TPSA) is 9.23 Å². The van der Waals surface area contributed by atoms with E-state index < -0.39 is 0 Å². The first-order valence-electron chi connectivity index (χ1n) is 3.56. The lowest BCUT2D eigenvalue weighted by molar-refractivity contribution is 0.256. The highest BCUT2D eigenvalue weighted by Gasteiger charge is 2.08. The van der Waals surface area contributed by atoms with Crippen molar-refractivity contribution in [1.82, 2.24) is 0 Å². The molecule has 0 saturated carbocycles. The second-order valence-electron chi connectivity index (χ2n) is 2.75. The van der Waals surface area contributed by atoms with Crippen LogP contribution in [0, 0.1) is 5.92 Å². The highest BCUT2D eigenvalue weighted by molar-refractivity contribution is 4.97. The number of ether oxygens (including phenoxy) is 1. The Morgan fingerprint density at radius 3 is 2.89 bits per heavy atom. The molecule has 0 aromatic heterocycles. The van der Waals surface area contributed by atoms with Crippen LogP contribution >= 0.6 is 0 Å². The van der Waals surface area contributed by atoms with Crippen molar-refractivity contribution in [3.63, 3.8) is 0 Å². The quantitative estimate of drug-likeness (QED) is 0.524. The number of hydrogen-bond acceptors (Lipinski definition) is 1. The first-order chi connectivity index (χ1) is 4.33. The van der Waals surface area contributed by atoms with E-state index in [1.54, 1.807) is 7.11 Å². The summed E-state index contributed by atoms with van der Waals surface area (Å²) in [7, 11) is 1.75. The van der Waals surface area contributed by atoms with Crippen LogP contribution in [0.25, 0.3) is 0 Å². The van der Waals surface area contributed by atoms with Gasteiger partial charge in [-0.1, -0.05) is 6.92 Å². The van der Waals surface area contributed by atoms with Crippen LogP contribution in [0.1, 0.15) is 26.2 Å². The SMILES string of the molecule is COC1=CC[C@@H](C)CC1. The Morgan fingerprint density at radius 1 is 1.67 bits per heavy atom. The Balaban J connectivity index is 2.40. The molecule has 1 aliphatic carbocycles. The van der Waals surface area contributed by atoms with Crippen molar-refractivity contribution in [3.8, 4) is 0 Å². The minimum absolute atomic E-state index is 0.865. The third-order valence-corrected chi connectivity index (χ3v) is 1.89. The summed E-state index contributed by atoms with van der Waals surface area (Å²) in [6.45, 7) is 2.28. The zero-order valence-corrected chi connectivity index (χ0v) is 6.18. The molecule has 1 heteroatoms. The molecule has 0 heterocycles. The molecule has 52 valence electrons. The first-order valence-corrected chi connectivity index (χ1v) is 3.56. The van der Waals surface area contributed by atoms with Gasteiger partial charge in [0, 0.05) is 6.42 Å². The summed E-state index contributed by atoms with van der Waals surface area (Å²) in [5.41, 5.74) is 0. The van der Waals surface area contributed by atoms with Gasteiger partial charge in [-0.25, -0.2) is 0 Å². The molecule has 1 nitrogen and oxygen atoms in total. The zero-order chi connectivity index (χ0) is 6.69. The Kier molecular flexibility index (Phi) is 2.15. The summed E-state index contributed by atoms with van der Waals surface area (Å²) in [5, 5.41) is 0. The van der Waals surface area contributed by atoms with E-state index in [0.29, 0.717) is 0 Å². The zero-order valence-electron chi connectivity index (χ0n) is 6.18. The van der Waals surface area contributed by atoms with Crippen LogP contribution in [0.2, 0.25) is 0 Å². The second-order valence-corrected chi connectivity index (χ2v) is 2.75. The van der Waals surface area contributed by atoms with Crippen LogP contribution in [0.5, 0.6) is 0 Å². The summed E-state index contributed by atoms with van der Waals surface area (Å²) < 4.78 is 5.10. The molecule has 0 amide bonds. The van der Waals surface area contributed by atoms with Crippen molar-refractivity contribution in [1.29, 1.82) is 0 Å². The monoisotopic (exact) mass is 126 g/mol. The number of methoxy groups -OCH3 is 1. The predicted molar refractivity (Wildman–Crippen MR) is 38.1 cm³/mol. The van der Waals surface area contributed by atoms with Crippen LogP contribution < -0.4 is 0 Å². The Labute approximate surface area is 56.7 Å². The molecule has 1 atom stereocenters. The molecule has 0 aromatic rings. The molecular weight excluding hydrogens is 112 g/mol. The molecule has 0 aromatic carbocycles. The third-order valence-electron chi connectivity index (χ3n) is 1.89. The first kappa shape index (κ1) is 6.66. The summed E-state index contributed by atoms with van der Waals surface area (Å²) in [6, 6.07) is 0. The van der Waals surface area contributed by atoms with Crippen LogP contribution in [0.4, 0.5) is 0 Å². The van der Waals surface area contributed by atoms with E-state index in [2.05, 4.69) is 13.0 Å². The fraction of sp³-hybridized carbons (Fsp3) is 0.750. The number of hydrogen-bond donors (Lipinski definition) is 0. The van der Waals surface area contributed by atoms with E-state index in [0.717, 1.165) is 12.3 Å². The molecule has 0 N–H and O–H groups in total. The van der Waals surface area contributed by atoms with Crippen LogP contribution in [-0.4, -0.2) is 7.11 Å². The molecule has 0 bridgehead atoms. The molecule has 0 unspecified atom stereocenters. The molecule has 0 saturated heterocycles. The molecule has 9 heavy (non-hydrogen) atoms. The van der Waals surface area contributed by atoms with Gasteiger partial charge in [-0.05, 0) is 24.8 Å². The third kappa shape index (κ3) is 1.74. The number of rotatable bonds is 1. The summed E-state index contributed by atoms with van der Waals surface area (Å²) in [6.07, 6.45) is 5.83. The normalized spacial score (nSPS) is 27.3. The van der Waals surface area contributed by atoms with Gasteiger partial charge in [0.05, 0.1) is 12.9 Å². The fourth-order valence-corrected chi connectivity index (χ4v) is 1.13. The van der Waals surface area contributed by atoms with Gasteiger partial charge in [0.15, 0.2) is 0 Å². The van der Waals surface area contributed by atoms with E-state index in [-0.39, 0.29) is 0 Å². The maximum absolute atomic E-state index is 5.10. The minimum atomic E-state index is 0.865. The van der Waals surface area contributed by atoms with Gasteiger partial charge in [-0.2, -0.15) is 0 Å². The molecule has 0 radical (unpaired) electrons. The van der Waals surface area contributed by atoms with Crippen molar-refractivity contribution < 1.29 is 4.74 Å². The Hall–Kier alpha value is -0.460. The number of allylic oxidation sites excluding steroid dienone is 2. The van der Waals surface area contributed by atoms with E-state index in [1.165, 1.54) is 18.6 Å². The highest BCUT2D eigenvalue weighted by Crippen LogP contribution is 2.22. The minimum Gasteiger partial charge on any atom is -0.501 e. The second kappa shape index (κ2) is 2.90. The van der Waals surface area contributed by atoms with Gasteiger partial charge < -0.3 is 4.74 Å². The fourth-order valence-electron chi connectivity index (χ4n) is 1.13. The largest absolute Gasteiger partial charge is 0.501 e. The van der Waals surface area contributed by atoms with Gasteiger partial charge >= 0.3 is 0 Å². The molecule has 1 aliphatic rings. The highest BCUT2D eigenvalue weighted by atomic mass is 16.5. The van der Waals surface area contributed by atoms with Gasteiger partial charge in [0.25, 0.3) is 0 Å². The summed E-state index contributed by atoms with van der Waals surface area (Å²) in [5.74, 6) is 2.04. The van der Waals surface area contributed by atoms with E-state index >= 15 is 0 Å². The average Bonchev–Trinajstić information content (AvgIpc) is 1.90. The molecule has 0 aliphatic heterocycles. The molecule has 0 fully saturated rings. The van der Waals surface area contributed by atoms with Gasteiger partial charge in [0.2, 0.25) is 0 Å². The summed E-state index contributed by atoms with van der Waals surface area (Å²) in [4.78, 5) is 0. The van der Waals surface area contributed by atoms with Crippen molar-refractivity contribution in [2.24, 2.45) is 5.92 Å². The van der Waals surface area contributed by atoms with Crippen molar-refractivity contribution in [2.75, 3.05) is 7.11 Å². The van der Waals surface area contributed by atoms with Crippen molar-refractivity contribution >= 4 is 0 Å². The molecule has 1 rings (SSSR count). The lowest BCUT2D eigenvalue weighted by atomic mass is 9.95. The van der Waals surface area contributed by atoms with Gasteiger partial charge in [-0.3, -0.25) is 0 Å². The van der Waals surface area contributed by atoms with Gasteiger partial charge in [0.1, 0.15) is 0 Å². The van der Waals surface area contributed by atoms with Crippen LogP contribution in [0.3, 0.4) is 0 Å². The molecular formula is C8H14O. The lowest BCUT2D eigenvalue weighted by Gasteiger charge is -2.16. The standard InChI is InChI=1S/C8H14O/c1-7-3-5-8(9-2)6-4-7/h5,7H,3-4,6H2,1-2H3/t7-/m1/s1. The van der Waals surface area contributed by atoms with Gasteiger partial charge in [-0.15, -0.1) is 0 Å². The predicted octanol–water partition coefficient (Wildman–Crippen LogP) is 2.34. The van der Waals surface area contributed by atoms with Crippen LogP contribution in [-0.2, 0) is 4.74 Å². The lowest BCUT2D eigenvalue weighted by Crippen LogP contribution is -2.02. The maximum atomic E-state index is 5.10. The Bertz CT molecular complexity index is 116. The van der Waals surface area contributed by atoms with E-state index in [9.17, 15) is 0 Å². The van der Waals surface area contributed by atoms with Crippen LogP contribution in [0.15, 0.2) is 11.8 Å². The summed E-state index contributed by atoms with van der Waals surface area (Å²) >= 11 is 0. The molecule has 0 spiro atoms. The van der Waals surface area contributed by atoms with E-state index in [4.69, 9.17) is 4.74 Å². The average molecular weight is 126 g/mol. The maximum Gasteiger partial charge on any atom is 0.0915 e.